The van der Waals surface area contributed by atoms with E-state index in [9.17, 15) is 4.79 Å². The number of hydrazine groups is 1. The van der Waals surface area contributed by atoms with Crippen LogP contribution in [0.3, 0.4) is 0 Å². The second-order valence-corrected chi connectivity index (χ2v) is 6.00. The molecule has 0 aliphatic heterocycles. The van der Waals surface area contributed by atoms with Crippen LogP contribution in [0.1, 0.15) is 25.0 Å². The number of anilines is 1. The molecule has 2 N–H and O–H groups in total. The number of nitrogens with zero attached hydrogens (tertiary/aromatic N) is 4. The van der Waals surface area contributed by atoms with E-state index in [1.165, 1.54) is 5.01 Å². The molecule has 3 rings (SSSR count). The molecule has 134 valence electrons. The summed E-state index contributed by atoms with van der Waals surface area (Å²) in [5, 5.41) is 1.41. The molecule has 6 heteroatoms. The highest BCUT2D eigenvalue weighted by atomic mass is 16.1. The zero-order chi connectivity index (χ0) is 18.5. The van der Waals surface area contributed by atoms with Gasteiger partial charge in [0.25, 0.3) is 0 Å². The van der Waals surface area contributed by atoms with Crippen molar-refractivity contribution in [2.24, 2.45) is 5.84 Å². The number of aryl methyl sites for hydroxylation is 1. The summed E-state index contributed by atoms with van der Waals surface area (Å²) in [6.07, 6.45) is 0.851. The van der Waals surface area contributed by atoms with Gasteiger partial charge in [0, 0.05) is 12.1 Å². The molecule has 0 radical (unpaired) electrons. The van der Waals surface area contributed by atoms with E-state index in [-0.39, 0.29) is 11.6 Å². The lowest BCUT2D eigenvalue weighted by Crippen LogP contribution is -2.36. The Bertz CT molecular complexity index is 936. The summed E-state index contributed by atoms with van der Waals surface area (Å²) in [5.74, 6) is 6.99. The van der Waals surface area contributed by atoms with Gasteiger partial charge in [-0.3, -0.25) is 9.58 Å². The molecule has 0 saturated heterocycles. The number of aromatic nitrogens is 3. The molecule has 0 aliphatic carbocycles. The summed E-state index contributed by atoms with van der Waals surface area (Å²) < 4.78 is 1.58. The van der Waals surface area contributed by atoms with Gasteiger partial charge in [0.05, 0.1) is 6.54 Å². The van der Waals surface area contributed by atoms with E-state index in [2.05, 4.69) is 16.9 Å². The first kappa shape index (κ1) is 17.8. The number of nitrogens with two attached hydrogens (primary N) is 1. The van der Waals surface area contributed by atoms with Crippen LogP contribution in [0.2, 0.25) is 0 Å². The lowest BCUT2D eigenvalue weighted by atomic mass is 10.0. The molecular formula is C20H23N5O. The molecule has 0 saturated carbocycles. The van der Waals surface area contributed by atoms with E-state index in [0.717, 1.165) is 23.1 Å². The van der Waals surface area contributed by atoms with Gasteiger partial charge < -0.3 is 0 Å². The highest BCUT2D eigenvalue weighted by molar-refractivity contribution is 5.61. The maximum atomic E-state index is 12.6. The minimum atomic E-state index is -0.345. The molecule has 0 amide bonds. The third kappa shape index (κ3) is 3.65. The van der Waals surface area contributed by atoms with Crippen LogP contribution >= 0.6 is 0 Å². The van der Waals surface area contributed by atoms with Crippen molar-refractivity contribution in [3.05, 3.63) is 76.2 Å². The van der Waals surface area contributed by atoms with Crippen LogP contribution in [0, 0.1) is 0 Å². The second-order valence-electron chi connectivity index (χ2n) is 6.00. The molecule has 0 aliphatic rings. The van der Waals surface area contributed by atoms with Crippen LogP contribution < -0.4 is 16.5 Å². The topological polar surface area (TPSA) is 77.0 Å². The largest absolute Gasteiger partial charge is 0.352 e. The Morgan fingerprint density at radius 1 is 1.00 bits per heavy atom. The van der Waals surface area contributed by atoms with Gasteiger partial charge >= 0.3 is 5.69 Å². The van der Waals surface area contributed by atoms with Gasteiger partial charge in [0.2, 0.25) is 5.95 Å². The molecule has 0 unspecified atom stereocenters. The number of benzene rings is 2. The van der Waals surface area contributed by atoms with Crippen LogP contribution in [-0.4, -0.2) is 14.5 Å². The Hall–Kier alpha value is -2.99. The zero-order valence-corrected chi connectivity index (χ0v) is 15.1. The number of hydrogen-bond acceptors (Lipinski definition) is 5. The fourth-order valence-corrected chi connectivity index (χ4v) is 2.93. The van der Waals surface area contributed by atoms with Gasteiger partial charge in [-0.1, -0.05) is 61.5 Å². The fourth-order valence-electron chi connectivity index (χ4n) is 2.93. The van der Waals surface area contributed by atoms with E-state index in [4.69, 9.17) is 5.84 Å². The Balaban J connectivity index is 2.06. The number of hydrogen-bond donors (Lipinski definition) is 1. The van der Waals surface area contributed by atoms with Crippen LogP contribution in [0.25, 0.3) is 11.4 Å². The molecule has 1 heterocycles. The summed E-state index contributed by atoms with van der Waals surface area (Å²) in [6, 6.07) is 17.8. The van der Waals surface area contributed by atoms with Crippen molar-refractivity contribution in [1.29, 1.82) is 0 Å². The first-order valence-electron chi connectivity index (χ1n) is 8.77. The molecule has 26 heavy (non-hydrogen) atoms. The SMILES string of the molecule is CCc1ccccc1-c1nc(N(N)Cc2ccccc2)nc(=O)n1CC. The van der Waals surface area contributed by atoms with Crippen molar-refractivity contribution < 1.29 is 0 Å². The highest BCUT2D eigenvalue weighted by Gasteiger charge is 2.16. The lowest BCUT2D eigenvalue weighted by Gasteiger charge is -2.19. The van der Waals surface area contributed by atoms with Crippen LogP contribution in [-0.2, 0) is 19.5 Å². The third-order valence-electron chi connectivity index (χ3n) is 4.30. The van der Waals surface area contributed by atoms with Gasteiger partial charge in [-0.05, 0) is 24.5 Å². The van der Waals surface area contributed by atoms with E-state index < -0.39 is 0 Å². The fraction of sp³-hybridized carbons (Fsp3) is 0.250. The van der Waals surface area contributed by atoms with Crippen molar-refractivity contribution in [3.63, 3.8) is 0 Å². The van der Waals surface area contributed by atoms with Crippen molar-refractivity contribution in [3.8, 4) is 11.4 Å². The molecule has 1 aromatic heterocycles. The average molecular weight is 349 g/mol. The molecule has 6 nitrogen and oxygen atoms in total. The van der Waals surface area contributed by atoms with E-state index in [1.807, 2.05) is 61.5 Å². The van der Waals surface area contributed by atoms with Crippen molar-refractivity contribution in [2.45, 2.75) is 33.4 Å². The second kappa shape index (κ2) is 7.93. The van der Waals surface area contributed by atoms with Gasteiger partial charge in [-0.25, -0.2) is 10.6 Å². The van der Waals surface area contributed by atoms with Crippen molar-refractivity contribution in [2.75, 3.05) is 5.01 Å². The summed E-state index contributed by atoms with van der Waals surface area (Å²) >= 11 is 0. The lowest BCUT2D eigenvalue weighted by molar-refractivity contribution is 0.670. The van der Waals surface area contributed by atoms with Crippen LogP contribution in [0.15, 0.2) is 59.4 Å². The predicted molar refractivity (Wildman–Crippen MR) is 104 cm³/mol. The van der Waals surface area contributed by atoms with E-state index in [0.29, 0.717) is 18.9 Å². The first-order chi connectivity index (χ1) is 12.6. The molecule has 0 bridgehead atoms. The van der Waals surface area contributed by atoms with Crippen molar-refractivity contribution >= 4 is 5.95 Å². The molecule has 2 aromatic carbocycles. The summed E-state index contributed by atoms with van der Waals surface area (Å²) in [6.45, 7) is 4.91. The van der Waals surface area contributed by atoms with E-state index in [1.54, 1.807) is 4.57 Å². The Kier molecular flexibility index (Phi) is 5.43. The van der Waals surface area contributed by atoms with Crippen LogP contribution in [0.4, 0.5) is 5.95 Å². The highest BCUT2D eigenvalue weighted by Crippen LogP contribution is 2.22. The summed E-state index contributed by atoms with van der Waals surface area (Å²) in [4.78, 5) is 21.3. The molecule has 3 aromatic rings. The quantitative estimate of drug-likeness (QED) is 0.547. The molecular weight excluding hydrogens is 326 g/mol. The first-order valence-corrected chi connectivity index (χ1v) is 8.77. The Labute approximate surface area is 152 Å². The number of rotatable bonds is 6. The van der Waals surface area contributed by atoms with Gasteiger partial charge in [-0.2, -0.15) is 9.97 Å². The van der Waals surface area contributed by atoms with E-state index >= 15 is 0 Å². The van der Waals surface area contributed by atoms with Gasteiger partial charge in [0.15, 0.2) is 0 Å². The maximum absolute atomic E-state index is 12.6. The summed E-state index contributed by atoms with van der Waals surface area (Å²) in [5.41, 5.74) is 2.74. The molecule has 0 atom stereocenters. The van der Waals surface area contributed by atoms with Crippen molar-refractivity contribution in [1.82, 2.24) is 14.5 Å². The zero-order valence-electron chi connectivity index (χ0n) is 15.1. The summed E-state index contributed by atoms with van der Waals surface area (Å²) in [7, 11) is 0. The minimum absolute atomic E-state index is 0.226. The minimum Gasteiger partial charge on any atom is -0.276 e. The standard InChI is InChI=1S/C20H23N5O/c1-3-16-12-8-9-13-17(16)18-22-19(23-20(26)24(18)4-2)25(21)14-15-10-6-5-7-11-15/h5-13H,3-4,14,21H2,1-2H3. The monoisotopic (exact) mass is 349 g/mol. The van der Waals surface area contributed by atoms with Crippen LogP contribution in [0.5, 0.6) is 0 Å². The molecule has 0 spiro atoms. The van der Waals surface area contributed by atoms with Gasteiger partial charge in [0.1, 0.15) is 5.82 Å². The predicted octanol–water partition coefficient (Wildman–Crippen LogP) is 2.77. The Morgan fingerprint density at radius 3 is 2.38 bits per heavy atom. The average Bonchev–Trinajstić information content (AvgIpc) is 2.68. The molecule has 0 fully saturated rings. The van der Waals surface area contributed by atoms with Gasteiger partial charge in [-0.15, -0.1) is 0 Å². The smallest absolute Gasteiger partial charge is 0.276 e. The normalized spacial score (nSPS) is 10.7. The third-order valence-corrected chi connectivity index (χ3v) is 4.30. The maximum Gasteiger partial charge on any atom is 0.352 e. The Morgan fingerprint density at radius 2 is 1.69 bits per heavy atom.